The van der Waals surface area contributed by atoms with Crippen molar-refractivity contribution in [2.45, 2.75) is 96.5 Å². The van der Waals surface area contributed by atoms with E-state index in [1.807, 2.05) is 0 Å². The van der Waals surface area contributed by atoms with E-state index in [0.717, 1.165) is 0 Å². The Hall–Kier alpha value is -1.41. The van der Waals surface area contributed by atoms with Gasteiger partial charge in [0.1, 0.15) is 17.1 Å². The number of methoxy groups -OCH3 is 1. The van der Waals surface area contributed by atoms with Crippen LogP contribution < -0.4 is 5.32 Å². The quantitative estimate of drug-likeness (QED) is 0.353. The third-order valence-electron chi connectivity index (χ3n) is 5.84. The van der Waals surface area contributed by atoms with Gasteiger partial charge in [0.05, 0.1) is 13.7 Å². The molecule has 0 radical (unpaired) electrons. The van der Waals surface area contributed by atoms with Gasteiger partial charge in [-0.25, -0.2) is 4.79 Å². The van der Waals surface area contributed by atoms with E-state index in [1.165, 1.54) is 7.11 Å². The van der Waals surface area contributed by atoms with E-state index in [-0.39, 0.29) is 18.8 Å². The predicted octanol–water partition coefficient (Wildman–Crippen LogP) is 4.20. The van der Waals surface area contributed by atoms with Gasteiger partial charge in [0.25, 0.3) is 0 Å². The summed E-state index contributed by atoms with van der Waals surface area (Å²) in [5, 5.41) is 2.71. The molecule has 1 unspecified atom stereocenters. The number of rotatable bonds is 8. The lowest BCUT2D eigenvalue weighted by Gasteiger charge is -2.49. The molecule has 1 N–H and O–H groups in total. The molecule has 1 amide bonds. The van der Waals surface area contributed by atoms with Crippen molar-refractivity contribution in [1.82, 2.24) is 5.32 Å². The normalized spacial score (nSPS) is 22.7. The molecule has 2 atom stereocenters. The Labute approximate surface area is 176 Å². The molecular weight excluding hydrogens is 390 g/mol. The average Bonchev–Trinajstić information content (AvgIpc) is 2.55. The van der Waals surface area contributed by atoms with Crippen LogP contribution in [0.2, 0.25) is 16.6 Å². The smallest absolute Gasteiger partial charge is 0.408 e. The van der Waals surface area contributed by atoms with E-state index < -0.39 is 37.4 Å². The molecule has 0 aromatic heterocycles. The van der Waals surface area contributed by atoms with E-state index >= 15 is 0 Å². The van der Waals surface area contributed by atoms with Crippen LogP contribution in [-0.2, 0) is 23.5 Å². The van der Waals surface area contributed by atoms with Crippen LogP contribution in [0.5, 0.6) is 0 Å². The Bertz CT molecular complexity index is 603. The first-order chi connectivity index (χ1) is 13.1. The molecule has 0 aliphatic heterocycles. The first kappa shape index (κ1) is 25.6. The van der Waals surface area contributed by atoms with Gasteiger partial charge < -0.3 is 19.2 Å². The number of amides is 1. The fraction of sp³-hybridized carbons (Fsp3) is 0.857. The molecule has 1 rings (SSSR count). The summed E-state index contributed by atoms with van der Waals surface area (Å²) in [7, 11) is -1.01. The Morgan fingerprint density at radius 3 is 1.93 bits per heavy atom. The summed E-state index contributed by atoms with van der Waals surface area (Å²) >= 11 is 0. The van der Waals surface area contributed by atoms with E-state index in [1.54, 1.807) is 20.8 Å². The molecular formula is C21H39NO6Si. The molecule has 0 spiro atoms. The minimum absolute atomic E-state index is 0.0410. The first-order valence-corrected chi connectivity index (χ1v) is 12.5. The predicted molar refractivity (Wildman–Crippen MR) is 114 cm³/mol. The van der Waals surface area contributed by atoms with Crippen LogP contribution >= 0.6 is 0 Å². The van der Waals surface area contributed by atoms with Crippen LogP contribution in [0.3, 0.4) is 0 Å². The second kappa shape index (κ2) is 9.16. The SMILES string of the molecule is COC(=O)C1C[C@](CO[Si](C(C)C)(C(C)C)C(C)C)(NC(=O)OC(C)(C)C)C1=O. The third-order valence-corrected chi connectivity index (χ3v) is 11.9. The van der Waals surface area contributed by atoms with Gasteiger partial charge in [-0.15, -0.1) is 0 Å². The Kier molecular flexibility index (Phi) is 8.10. The summed E-state index contributed by atoms with van der Waals surface area (Å²) < 4.78 is 16.7. The van der Waals surface area contributed by atoms with E-state index in [9.17, 15) is 14.4 Å². The minimum Gasteiger partial charge on any atom is -0.468 e. The van der Waals surface area contributed by atoms with Crippen LogP contribution in [0.25, 0.3) is 0 Å². The van der Waals surface area contributed by atoms with Crippen molar-refractivity contribution in [3.63, 3.8) is 0 Å². The summed E-state index contributed by atoms with van der Waals surface area (Å²) in [4.78, 5) is 37.3. The molecule has 168 valence electrons. The monoisotopic (exact) mass is 429 g/mol. The molecule has 8 heteroatoms. The van der Waals surface area contributed by atoms with Crippen LogP contribution in [-0.4, -0.2) is 51.0 Å². The summed E-state index contributed by atoms with van der Waals surface area (Å²) in [6, 6.07) is 0. The highest BCUT2D eigenvalue weighted by Crippen LogP contribution is 2.44. The fourth-order valence-electron chi connectivity index (χ4n) is 4.60. The molecule has 1 aliphatic rings. The molecule has 1 aliphatic carbocycles. The highest BCUT2D eigenvalue weighted by atomic mass is 28.4. The van der Waals surface area contributed by atoms with Gasteiger partial charge in [0.2, 0.25) is 0 Å². The Balaban J connectivity index is 3.15. The highest BCUT2D eigenvalue weighted by molar-refractivity contribution is 6.77. The second-order valence-corrected chi connectivity index (χ2v) is 15.4. The summed E-state index contributed by atoms with van der Waals surface area (Å²) in [5.41, 5.74) is -0.988. The molecule has 0 saturated heterocycles. The fourth-order valence-corrected chi connectivity index (χ4v) is 10.1. The van der Waals surface area contributed by atoms with Crippen LogP contribution in [0, 0.1) is 5.92 Å². The summed E-state index contributed by atoms with van der Waals surface area (Å²) in [6.07, 6.45) is -0.542. The van der Waals surface area contributed by atoms with E-state index in [4.69, 9.17) is 13.9 Å². The van der Waals surface area contributed by atoms with E-state index in [0.29, 0.717) is 16.6 Å². The van der Waals surface area contributed by atoms with Gasteiger partial charge in [0.15, 0.2) is 14.1 Å². The second-order valence-electron chi connectivity index (χ2n) is 9.96. The number of carbonyl (C=O) groups excluding carboxylic acids is 3. The Morgan fingerprint density at radius 2 is 1.59 bits per heavy atom. The first-order valence-electron chi connectivity index (χ1n) is 10.4. The molecule has 0 aromatic rings. The van der Waals surface area contributed by atoms with Crippen molar-refractivity contribution in [3.05, 3.63) is 0 Å². The van der Waals surface area contributed by atoms with Gasteiger partial charge in [-0.05, 0) is 37.4 Å². The lowest BCUT2D eigenvalue weighted by Crippen LogP contribution is -2.71. The third kappa shape index (κ3) is 5.39. The van der Waals surface area contributed by atoms with Gasteiger partial charge >= 0.3 is 12.1 Å². The maximum absolute atomic E-state index is 13.0. The van der Waals surface area contributed by atoms with Gasteiger partial charge in [-0.3, -0.25) is 9.59 Å². The maximum Gasteiger partial charge on any atom is 0.408 e. The minimum atomic E-state index is -2.27. The molecule has 1 fully saturated rings. The lowest BCUT2D eigenvalue weighted by molar-refractivity contribution is -0.161. The maximum atomic E-state index is 13.0. The topological polar surface area (TPSA) is 90.9 Å². The number of alkyl carbamates (subject to hydrolysis) is 1. The largest absolute Gasteiger partial charge is 0.468 e. The van der Waals surface area contributed by atoms with Gasteiger partial charge in [-0.1, -0.05) is 41.5 Å². The van der Waals surface area contributed by atoms with Crippen molar-refractivity contribution in [2.24, 2.45) is 5.92 Å². The molecule has 29 heavy (non-hydrogen) atoms. The summed E-state index contributed by atoms with van der Waals surface area (Å²) in [6.45, 7) is 18.2. The van der Waals surface area contributed by atoms with Gasteiger partial charge in [-0.2, -0.15) is 0 Å². The number of ether oxygens (including phenoxy) is 2. The van der Waals surface area contributed by atoms with Crippen molar-refractivity contribution in [2.75, 3.05) is 13.7 Å². The zero-order valence-electron chi connectivity index (χ0n) is 19.7. The van der Waals surface area contributed by atoms with Crippen LogP contribution in [0.15, 0.2) is 0 Å². The number of Topliss-reactive ketones (excluding diaryl/α,β-unsaturated/α-hetero) is 1. The number of ketones is 1. The van der Waals surface area contributed by atoms with Crippen LogP contribution in [0.4, 0.5) is 4.79 Å². The summed E-state index contributed by atoms with van der Waals surface area (Å²) in [5.74, 6) is -1.85. The number of nitrogens with one attached hydrogen (secondary N) is 1. The van der Waals surface area contributed by atoms with Crippen LogP contribution in [0.1, 0.15) is 68.7 Å². The number of hydrogen-bond acceptors (Lipinski definition) is 6. The lowest BCUT2D eigenvalue weighted by atomic mass is 9.67. The van der Waals surface area contributed by atoms with Crippen molar-refractivity contribution < 1.29 is 28.3 Å². The highest BCUT2D eigenvalue weighted by Gasteiger charge is 2.60. The zero-order chi connectivity index (χ0) is 22.8. The number of esters is 1. The van der Waals surface area contributed by atoms with Crippen molar-refractivity contribution in [1.29, 1.82) is 0 Å². The Morgan fingerprint density at radius 1 is 1.10 bits per heavy atom. The molecule has 0 heterocycles. The molecule has 0 bridgehead atoms. The standard InChI is InChI=1S/C21H39NO6Si/c1-13(2)29(14(3)4,15(5)6)27-12-21(22-19(25)28-20(7,8)9)11-16(17(21)23)18(24)26-10/h13-16H,11-12H2,1-10H3,(H,22,25)/t16?,21-/m1/s1. The van der Waals surface area contributed by atoms with Crippen molar-refractivity contribution >= 4 is 26.2 Å². The number of hydrogen-bond donors (Lipinski definition) is 1. The molecule has 1 saturated carbocycles. The van der Waals surface area contributed by atoms with E-state index in [2.05, 4.69) is 46.9 Å². The van der Waals surface area contributed by atoms with Crippen molar-refractivity contribution in [3.8, 4) is 0 Å². The molecule has 7 nitrogen and oxygen atoms in total. The molecule has 0 aromatic carbocycles. The average molecular weight is 430 g/mol. The zero-order valence-corrected chi connectivity index (χ0v) is 20.7. The number of carbonyl (C=O) groups is 3. The van der Waals surface area contributed by atoms with Gasteiger partial charge in [0, 0.05) is 6.42 Å².